The lowest BCUT2D eigenvalue weighted by molar-refractivity contribution is -0.175. The Balaban J connectivity index is 1.40. The van der Waals surface area contributed by atoms with Crippen molar-refractivity contribution in [2.75, 3.05) is 18.9 Å². The molecule has 2 N–H and O–H groups in total. The van der Waals surface area contributed by atoms with Crippen molar-refractivity contribution < 1.29 is 37.1 Å². The van der Waals surface area contributed by atoms with E-state index in [9.17, 15) is 37.6 Å². The second-order valence-corrected chi connectivity index (χ2v) is 10.9. The smallest absolute Gasteiger partial charge is 0.471 e. The standard InChI is InChI=1S/C28H28F3N7O5/c1-37(23(39)19(35-26(42)28(29,30)31)10-17-4-2-8-33-14-17)20(11-16-6-7-16)24(40)38-15-27(12-18(38)13-32)25(41)36-22-21(43-27)5-3-9-34-22/h2-5,8-9,14,16,18-20H,6-7,10-12,15H2,1H3,(H,35,42)(H,34,36,41)/t18-,19+,20-,27+/m0/s1. The number of carbonyl (C=O) groups excluding carboxylic acids is 4. The molecule has 43 heavy (non-hydrogen) atoms. The van der Waals surface area contributed by atoms with Crippen molar-refractivity contribution in [1.82, 2.24) is 25.1 Å². The van der Waals surface area contributed by atoms with Crippen molar-refractivity contribution in [3.05, 3.63) is 48.4 Å². The fourth-order valence-corrected chi connectivity index (χ4v) is 5.38. The quantitative estimate of drug-likeness (QED) is 0.463. The maximum absolute atomic E-state index is 14.1. The van der Waals surface area contributed by atoms with Gasteiger partial charge in [-0.25, -0.2) is 4.98 Å². The zero-order chi connectivity index (χ0) is 30.9. The predicted octanol–water partition coefficient (Wildman–Crippen LogP) is 1.59. The summed E-state index contributed by atoms with van der Waals surface area (Å²) in [5, 5.41) is 14.4. The number of carbonyl (C=O) groups is 4. The number of likely N-dealkylation sites (N-methyl/N-ethyl adjacent to an activating group) is 1. The molecule has 226 valence electrons. The molecule has 1 saturated carbocycles. The van der Waals surface area contributed by atoms with E-state index in [2.05, 4.69) is 15.3 Å². The number of fused-ring (bicyclic) bond motifs is 1. The third-order valence-electron chi connectivity index (χ3n) is 7.86. The highest BCUT2D eigenvalue weighted by Gasteiger charge is 2.57. The van der Waals surface area contributed by atoms with E-state index in [4.69, 9.17) is 4.74 Å². The topological polar surface area (TPSA) is 158 Å². The molecule has 4 amide bonds. The number of ether oxygens (including phenoxy) is 1. The number of rotatable bonds is 8. The second-order valence-electron chi connectivity index (χ2n) is 10.9. The first kappa shape index (κ1) is 29.7. The monoisotopic (exact) mass is 599 g/mol. The number of nitriles is 1. The number of amides is 4. The van der Waals surface area contributed by atoms with E-state index in [1.54, 1.807) is 23.5 Å². The van der Waals surface area contributed by atoms with E-state index in [0.717, 1.165) is 17.7 Å². The zero-order valence-corrected chi connectivity index (χ0v) is 23.0. The molecule has 0 bridgehead atoms. The fourth-order valence-electron chi connectivity index (χ4n) is 5.38. The van der Waals surface area contributed by atoms with Crippen molar-refractivity contribution in [2.45, 2.75) is 62.0 Å². The molecule has 0 aromatic carbocycles. The van der Waals surface area contributed by atoms with Crippen LogP contribution in [-0.4, -0.2) is 86.9 Å². The number of likely N-dealkylation sites (tertiary alicyclic amines) is 1. The number of anilines is 1. The number of hydrogen-bond acceptors (Lipinski definition) is 8. The number of nitrogens with zero attached hydrogens (tertiary/aromatic N) is 5. The first-order chi connectivity index (χ1) is 20.4. The number of alkyl halides is 3. The molecule has 3 aliphatic rings. The Hall–Kier alpha value is -4.74. The van der Waals surface area contributed by atoms with Gasteiger partial charge in [0.25, 0.3) is 5.91 Å². The molecule has 0 radical (unpaired) electrons. The minimum absolute atomic E-state index is 0.0787. The third-order valence-corrected chi connectivity index (χ3v) is 7.86. The summed E-state index contributed by atoms with van der Waals surface area (Å²) in [5.74, 6) is -3.90. The molecule has 0 unspecified atom stereocenters. The Bertz CT molecular complexity index is 1460. The SMILES string of the molecule is CN(C(=O)[C@@H](Cc1cccnc1)NC(=O)C(F)(F)F)[C@@H](CC1CC1)C(=O)N1C[C@@]2(C[C@H]1C#N)Oc1cccnc1NC2=O. The average Bonchev–Trinajstić information content (AvgIpc) is 3.73. The van der Waals surface area contributed by atoms with Crippen LogP contribution in [0, 0.1) is 17.2 Å². The lowest BCUT2D eigenvalue weighted by Gasteiger charge is -2.35. The lowest BCUT2D eigenvalue weighted by atomic mass is 9.97. The molecule has 4 atom stereocenters. The van der Waals surface area contributed by atoms with Crippen LogP contribution in [0.5, 0.6) is 5.75 Å². The summed E-state index contributed by atoms with van der Waals surface area (Å²) in [6.07, 6.45) is 0.349. The van der Waals surface area contributed by atoms with Crippen LogP contribution in [0.1, 0.15) is 31.2 Å². The van der Waals surface area contributed by atoms with E-state index in [0.29, 0.717) is 5.56 Å². The maximum atomic E-state index is 14.1. The van der Waals surface area contributed by atoms with E-state index < -0.39 is 53.5 Å². The van der Waals surface area contributed by atoms with Gasteiger partial charge in [-0.1, -0.05) is 18.9 Å². The molecule has 1 saturated heterocycles. The Kier molecular flexibility index (Phi) is 7.96. The Labute approximate surface area is 244 Å². The molecule has 1 spiro atoms. The molecular weight excluding hydrogens is 571 g/mol. The minimum Gasteiger partial charge on any atom is -0.472 e. The van der Waals surface area contributed by atoms with Crippen LogP contribution in [0.25, 0.3) is 0 Å². The van der Waals surface area contributed by atoms with Crippen molar-refractivity contribution >= 4 is 29.4 Å². The molecule has 1 aliphatic carbocycles. The van der Waals surface area contributed by atoms with Gasteiger partial charge in [0.15, 0.2) is 11.6 Å². The fraction of sp³-hybridized carbons (Fsp3) is 0.464. The van der Waals surface area contributed by atoms with Gasteiger partial charge in [-0.15, -0.1) is 0 Å². The maximum Gasteiger partial charge on any atom is 0.471 e. The Morgan fingerprint density at radius 3 is 2.67 bits per heavy atom. The summed E-state index contributed by atoms with van der Waals surface area (Å²) in [6, 6.07) is 4.40. The van der Waals surface area contributed by atoms with Gasteiger partial charge in [0.1, 0.15) is 18.1 Å². The number of nitrogens with one attached hydrogen (secondary N) is 2. The first-order valence-corrected chi connectivity index (χ1v) is 13.6. The molecule has 2 aromatic heterocycles. The predicted molar refractivity (Wildman–Crippen MR) is 142 cm³/mol. The summed E-state index contributed by atoms with van der Waals surface area (Å²) in [4.78, 5) is 63.0. The van der Waals surface area contributed by atoms with E-state index in [1.165, 1.54) is 36.6 Å². The van der Waals surface area contributed by atoms with Gasteiger partial charge in [-0.05, 0) is 36.1 Å². The van der Waals surface area contributed by atoms with Crippen LogP contribution in [0.2, 0.25) is 0 Å². The molecule has 15 heteroatoms. The molecule has 2 aromatic rings. The van der Waals surface area contributed by atoms with Gasteiger partial charge in [-0.2, -0.15) is 18.4 Å². The summed E-state index contributed by atoms with van der Waals surface area (Å²) >= 11 is 0. The van der Waals surface area contributed by atoms with Gasteiger partial charge in [-0.3, -0.25) is 24.2 Å². The Morgan fingerprint density at radius 1 is 1.28 bits per heavy atom. The molecule has 2 fully saturated rings. The summed E-state index contributed by atoms with van der Waals surface area (Å²) in [5.41, 5.74) is -1.19. The van der Waals surface area contributed by atoms with Crippen LogP contribution < -0.4 is 15.4 Å². The van der Waals surface area contributed by atoms with Crippen molar-refractivity contribution in [3.63, 3.8) is 0 Å². The van der Waals surface area contributed by atoms with Crippen molar-refractivity contribution in [2.24, 2.45) is 5.92 Å². The van der Waals surface area contributed by atoms with Crippen LogP contribution >= 0.6 is 0 Å². The Morgan fingerprint density at radius 2 is 2.02 bits per heavy atom. The van der Waals surface area contributed by atoms with Gasteiger partial charge < -0.3 is 25.2 Å². The van der Waals surface area contributed by atoms with Gasteiger partial charge in [0, 0.05) is 38.5 Å². The highest BCUT2D eigenvalue weighted by atomic mass is 19.4. The number of aromatic nitrogens is 2. The molecule has 5 rings (SSSR count). The van der Waals surface area contributed by atoms with Gasteiger partial charge in [0.2, 0.25) is 17.4 Å². The number of pyridine rings is 2. The highest BCUT2D eigenvalue weighted by molar-refractivity contribution is 6.01. The van der Waals surface area contributed by atoms with Gasteiger partial charge in [0.05, 0.1) is 12.6 Å². The summed E-state index contributed by atoms with van der Waals surface area (Å²) in [6.45, 7) is -0.294. The molecule has 2 aliphatic heterocycles. The number of halogens is 3. The van der Waals surface area contributed by atoms with E-state index in [1.807, 2.05) is 6.07 Å². The summed E-state index contributed by atoms with van der Waals surface area (Å²) < 4.78 is 45.5. The highest BCUT2D eigenvalue weighted by Crippen LogP contribution is 2.40. The lowest BCUT2D eigenvalue weighted by Crippen LogP contribution is -2.58. The summed E-state index contributed by atoms with van der Waals surface area (Å²) in [7, 11) is 1.28. The minimum atomic E-state index is -5.24. The van der Waals surface area contributed by atoms with Crippen LogP contribution in [0.4, 0.5) is 19.0 Å². The third kappa shape index (κ3) is 6.23. The normalized spacial score (nSPS) is 22.4. The molecule has 4 heterocycles. The van der Waals surface area contributed by atoms with Crippen molar-refractivity contribution in [1.29, 1.82) is 5.26 Å². The first-order valence-electron chi connectivity index (χ1n) is 13.6. The second kappa shape index (κ2) is 11.5. The van der Waals surface area contributed by atoms with Crippen LogP contribution in [0.15, 0.2) is 42.9 Å². The van der Waals surface area contributed by atoms with Gasteiger partial charge >= 0.3 is 12.1 Å². The largest absolute Gasteiger partial charge is 0.472 e. The van der Waals surface area contributed by atoms with Crippen molar-refractivity contribution in [3.8, 4) is 11.8 Å². The molecule has 12 nitrogen and oxygen atoms in total. The number of hydrogen-bond donors (Lipinski definition) is 2. The zero-order valence-electron chi connectivity index (χ0n) is 23.0. The van der Waals surface area contributed by atoms with E-state index in [-0.39, 0.29) is 43.3 Å². The average molecular weight is 600 g/mol. The van der Waals surface area contributed by atoms with E-state index >= 15 is 0 Å². The van der Waals surface area contributed by atoms with Crippen LogP contribution in [0.3, 0.4) is 0 Å². The van der Waals surface area contributed by atoms with Crippen LogP contribution in [-0.2, 0) is 25.6 Å². The molecular formula is C28H28F3N7O5.